The molecule has 0 spiro atoms. The first-order valence-electron chi connectivity index (χ1n) is 6.61. The maximum atomic E-state index is 10.6. The summed E-state index contributed by atoms with van der Waals surface area (Å²) in [5, 5.41) is 11.9. The van der Waals surface area contributed by atoms with Gasteiger partial charge in [0.2, 0.25) is 0 Å². The molecule has 0 fully saturated rings. The molecule has 2 rings (SSSR count). The molecule has 0 aliphatic rings. The van der Waals surface area contributed by atoms with Crippen molar-refractivity contribution < 1.29 is 14.6 Å². The van der Waals surface area contributed by atoms with Crippen molar-refractivity contribution in [2.24, 2.45) is 0 Å². The van der Waals surface area contributed by atoms with Crippen LogP contribution in [0.1, 0.15) is 6.92 Å². The summed E-state index contributed by atoms with van der Waals surface area (Å²) in [7, 11) is 0. The van der Waals surface area contributed by atoms with Gasteiger partial charge in [0.25, 0.3) is 0 Å². The molecule has 108 valence electrons. The number of carboxylic acids is 1. The van der Waals surface area contributed by atoms with Crippen LogP contribution in [0.2, 0.25) is 0 Å². The van der Waals surface area contributed by atoms with Gasteiger partial charge in [-0.1, -0.05) is 30.3 Å². The van der Waals surface area contributed by atoms with Gasteiger partial charge in [0.15, 0.2) is 5.75 Å². The van der Waals surface area contributed by atoms with Crippen molar-refractivity contribution >= 4 is 11.7 Å². The minimum absolute atomic E-state index is 0.446. The first-order chi connectivity index (χ1) is 10.1. The Bertz CT molecular complexity index is 635. The first-order valence-corrected chi connectivity index (χ1v) is 6.61. The van der Waals surface area contributed by atoms with E-state index in [1.807, 2.05) is 54.6 Å². The molecule has 0 aliphatic heterocycles. The molecule has 4 heteroatoms. The van der Waals surface area contributed by atoms with Crippen LogP contribution in [0.3, 0.4) is 0 Å². The minimum atomic E-state index is -0.942. The van der Waals surface area contributed by atoms with Crippen LogP contribution in [0, 0.1) is 0 Å². The lowest BCUT2D eigenvalue weighted by Gasteiger charge is -2.13. The molecule has 0 atom stereocenters. The van der Waals surface area contributed by atoms with Gasteiger partial charge in [-0.2, -0.15) is 0 Å². The summed E-state index contributed by atoms with van der Waals surface area (Å²) in [4.78, 5) is 10.6. The molecule has 0 amide bonds. The second-order valence-electron chi connectivity index (χ2n) is 4.59. The first kappa shape index (κ1) is 14.7. The van der Waals surface area contributed by atoms with Crippen molar-refractivity contribution in [2.75, 3.05) is 11.9 Å². The van der Waals surface area contributed by atoms with Crippen molar-refractivity contribution in [3.63, 3.8) is 0 Å². The van der Waals surface area contributed by atoms with Crippen LogP contribution in [0.25, 0.3) is 0 Å². The minimum Gasteiger partial charge on any atom is -0.478 e. The van der Waals surface area contributed by atoms with E-state index >= 15 is 0 Å². The van der Waals surface area contributed by atoms with Crippen LogP contribution in [-0.4, -0.2) is 17.6 Å². The number of hydrogen-bond donors (Lipinski definition) is 2. The zero-order valence-corrected chi connectivity index (χ0v) is 11.7. The van der Waals surface area contributed by atoms with Crippen LogP contribution in [-0.2, 0) is 4.79 Å². The fourth-order valence-electron chi connectivity index (χ4n) is 1.81. The average molecular weight is 283 g/mol. The standard InChI is InChI=1S/C17H17NO3/c1-13(11-17(19)20)12-18-15-9-5-6-10-16(15)21-14-7-3-2-4-8-14/h2-11,18H,12H2,1H3,(H,19,20)/b13-11-. The lowest BCUT2D eigenvalue weighted by molar-refractivity contribution is -0.131. The molecular formula is C17H17NO3. The molecule has 0 bridgehead atoms. The number of rotatable bonds is 6. The number of anilines is 1. The van der Waals surface area contributed by atoms with Gasteiger partial charge in [0, 0.05) is 12.6 Å². The Balaban J connectivity index is 2.08. The molecule has 21 heavy (non-hydrogen) atoms. The van der Waals surface area contributed by atoms with Gasteiger partial charge in [-0.05, 0) is 36.8 Å². The Morgan fingerprint density at radius 2 is 1.81 bits per heavy atom. The van der Waals surface area contributed by atoms with Gasteiger partial charge in [-0.3, -0.25) is 0 Å². The van der Waals surface area contributed by atoms with Gasteiger partial charge >= 0.3 is 5.97 Å². The summed E-state index contributed by atoms with van der Waals surface area (Å²) in [5.74, 6) is 0.513. The molecule has 0 heterocycles. The van der Waals surface area contributed by atoms with E-state index in [1.54, 1.807) is 6.92 Å². The topological polar surface area (TPSA) is 58.6 Å². The Hall–Kier alpha value is -2.75. The lowest BCUT2D eigenvalue weighted by Crippen LogP contribution is -2.05. The van der Waals surface area contributed by atoms with Gasteiger partial charge in [-0.25, -0.2) is 4.79 Å². The fraction of sp³-hybridized carbons (Fsp3) is 0.118. The number of para-hydroxylation sites is 3. The van der Waals surface area contributed by atoms with E-state index < -0.39 is 5.97 Å². The Morgan fingerprint density at radius 3 is 2.52 bits per heavy atom. The molecule has 4 nitrogen and oxygen atoms in total. The van der Waals surface area contributed by atoms with Crippen LogP contribution < -0.4 is 10.1 Å². The highest BCUT2D eigenvalue weighted by molar-refractivity contribution is 5.80. The van der Waals surface area contributed by atoms with Crippen LogP contribution in [0.4, 0.5) is 5.69 Å². The monoisotopic (exact) mass is 283 g/mol. The van der Waals surface area contributed by atoms with E-state index in [0.717, 1.165) is 17.0 Å². The number of carboxylic acid groups (broad SMARTS) is 1. The summed E-state index contributed by atoms with van der Waals surface area (Å²) < 4.78 is 5.82. The number of benzene rings is 2. The van der Waals surface area contributed by atoms with Crippen LogP contribution in [0.15, 0.2) is 66.2 Å². The van der Waals surface area contributed by atoms with Crippen molar-refractivity contribution in [2.45, 2.75) is 6.92 Å². The summed E-state index contributed by atoms with van der Waals surface area (Å²) in [6.45, 7) is 2.21. The van der Waals surface area contributed by atoms with Crippen molar-refractivity contribution in [3.05, 3.63) is 66.2 Å². The van der Waals surface area contributed by atoms with E-state index in [0.29, 0.717) is 12.3 Å². The normalized spacial score (nSPS) is 11.0. The number of ether oxygens (including phenoxy) is 1. The highest BCUT2D eigenvalue weighted by atomic mass is 16.5. The SMILES string of the molecule is C/C(=C/C(=O)O)CNc1ccccc1Oc1ccccc1. The van der Waals surface area contributed by atoms with Crippen molar-refractivity contribution in [1.82, 2.24) is 0 Å². The molecule has 0 saturated heterocycles. The molecular weight excluding hydrogens is 266 g/mol. The second-order valence-corrected chi connectivity index (χ2v) is 4.59. The van der Waals surface area contributed by atoms with E-state index in [4.69, 9.17) is 9.84 Å². The van der Waals surface area contributed by atoms with E-state index in [1.165, 1.54) is 6.08 Å². The van der Waals surface area contributed by atoms with Crippen LogP contribution >= 0.6 is 0 Å². The predicted octanol–water partition coefficient (Wildman–Crippen LogP) is 3.92. The fourth-order valence-corrected chi connectivity index (χ4v) is 1.81. The molecule has 0 saturated carbocycles. The number of carbonyl (C=O) groups is 1. The summed E-state index contributed by atoms with van der Waals surface area (Å²) >= 11 is 0. The summed E-state index contributed by atoms with van der Waals surface area (Å²) in [6, 6.07) is 17.1. The zero-order chi connectivity index (χ0) is 15.1. The maximum Gasteiger partial charge on any atom is 0.328 e. The third-order valence-corrected chi connectivity index (χ3v) is 2.79. The Kier molecular flexibility index (Phi) is 4.99. The Labute approximate surface area is 123 Å². The van der Waals surface area contributed by atoms with Gasteiger partial charge in [-0.15, -0.1) is 0 Å². The van der Waals surface area contributed by atoms with Gasteiger partial charge < -0.3 is 15.2 Å². The number of hydrogen-bond acceptors (Lipinski definition) is 3. The van der Waals surface area contributed by atoms with Crippen molar-refractivity contribution in [3.8, 4) is 11.5 Å². The van der Waals surface area contributed by atoms with Gasteiger partial charge in [0.1, 0.15) is 5.75 Å². The highest BCUT2D eigenvalue weighted by Gasteiger charge is 2.04. The molecule has 2 N–H and O–H groups in total. The maximum absolute atomic E-state index is 10.6. The van der Waals surface area contributed by atoms with E-state index in [-0.39, 0.29) is 0 Å². The zero-order valence-electron chi connectivity index (χ0n) is 11.7. The number of aliphatic carboxylic acids is 1. The molecule has 2 aromatic rings. The molecule has 0 unspecified atom stereocenters. The van der Waals surface area contributed by atoms with Gasteiger partial charge in [0.05, 0.1) is 5.69 Å². The smallest absolute Gasteiger partial charge is 0.328 e. The second kappa shape index (κ2) is 7.14. The third kappa shape index (κ3) is 4.69. The molecule has 0 aromatic heterocycles. The van der Waals surface area contributed by atoms with Crippen molar-refractivity contribution in [1.29, 1.82) is 0 Å². The van der Waals surface area contributed by atoms with E-state index in [2.05, 4.69) is 5.32 Å². The quantitative estimate of drug-likeness (QED) is 0.789. The van der Waals surface area contributed by atoms with E-state index in [9.17, 15) is 4.79 Å². The number of nitrogens with one attached hydrogen (secondary N) is 1. The van der Waals surface area contributed by atoms with Crippen LogP contribution in [0.5, 0.6) is 11.5 Å². The summed E-state index contributed by atoms with van der Waals surface area (Å²) in [5.41, 5.74) is 1.55. The molecule has 0 radical (unpaired) electrons. The predicted molar refractivity (Wildman–Crippen MR) is 82.8 cm³/mol. The highest BCUT2D eigenvalue weighted by Crippen LogP contribution is 2.29. The average Bonchev–Trinajstić information content (AvgIpc) is 2.47. The largest absolute Gasteiger partial charge is 0.478 e. The molecule has 2 aromatic carbocycles. The summed E-state index contributed by atoms with van der Waals surface area (Å²) in [6.07, 6.45) is 1.19. The third-order valence-electron chi connectivity index (χ3n) is 2.79. The molecule has 0 aliphatic carbocycles. The Morgan fingerprint density at radius 1 is 1.14 bits per heavy atom. The lowest BCUT2D eigenvalue weighted by atomic mass is 10.2.